The van der Waals surface area contributed by atoms with Crippen molar-refractivity contribution < 1.29 is 4.52 Å². The van der Waals surface area contributed by atoms with Gasteiger partial charge in [-0.3, -0.25) is 0 Å². The van der Waals surface area contributed by atoms with Crippen LogP contribution in [0.4, 0.5) is 0 Å². The maximum Gasteiger partial charge on any atom is 0.257 e. The number of hydrogen-bond donors (Lipinski definition) is 1. The number of nitrogens with zero attached hydrogens (tertiary/aromatic N) is 2. The molecule has 1 atom stereocenters. The minimum absolute atomic E-state index is 0.397. The Morgan fingerprint density at radius 3 is 3.10 bits per heavy atom. The molecule has 1 unspecified atom stereocenters. The molecule has 1 fully saturated rings. The summed E-state index contributed by atoms with van der Waals surface area (Å²) in [5.74, 6) is 2.65. The van der Waals surface area contributed by atoms with Crippen LogP contribution in [0.2, 0.25) is 0 Å². The second kappa shape index (κ2) is 6.41. The quantitative estimate of drug-likeness (QED) is 0.936. The molecule has 106 valence electrons. The standard InChI is InChI=1S/C15H19N3OS/c16-8-7-11-4-3-5-12(10-11)15-17-14(18-19-15)13-6-1-2-9-20-13/h3-5,10,13H,1-2,6-9,16H2. The highest BCUT2D eigenvalue weighted by atomic mass is 32.2. The number of hydrogen-bond acceptors (Lipinski definition) is 5. The second-order valence-electron chi connectivity index (χ2n) is 5.05. The molecule has 2 aromatic rings. The molecule has 2 heterocycles. The van der Waals surface area contributed by atoms with Gasteiger partial charge in [0, 0.05) is 5.56 Å². The summed E-state index contributed by atoms with van der Waals surface area (Å²) in [5, 5.41) is 4.56. The summed E-state index contributed by atoms with van der Waals surface area (Å²) >= 11 is 1.93. The Hall–Kier alpha value is -1.33. The summed E-state index contributed by atoms with van der Waals surface area (Å²) < 4.78 is 5.43. The van der Waals surface area contributed by atoms with Gasteiger partial charge in [0.15, 0.2) is 5.82 Å². The fraction of sp³-hybridized carbons (Fsp3) is 0.467. The van der Waals surface area contributed by atoms with E-state index in [2.05, 4.69) is 22.3 Å². The van der Waals surface area contributed by atoms with Crippen LogP contribution in [0.15, 0.2) is 28.8 Å². The van der Waals surface area contributed by atoms with E-state index in [0.29, 0.717) is 17.7 Å². The van der Waals surface area contributed by atoms with E-state index in [-0.39, 0.29) is 0 Å². The zero-order chi connectivity index (χ0) is 13.8. The van der Waals surface area contributed by atoms with E-state index in [1.165, 1.54) is 24.2 Å². The number of nitrogens with two attached hydrogens (primary N) is 1. The first-order valence-corrected chi connectivity index (χ1v) is 8.16. The first-order valence-electron chi connectivity index (χ1n) is 7.11. The smallest absolute Gasteiger partial charge is 0.257 e. The average Bonchev–Trinajstić information content (AvgIpc) is 2.99. The largest absolute Gasteiger partial charge is 0.334 e. The predicted octanol–water partition coefficient (Wildman–Crippen LogP) is 3.20. The first-order chi connectivity index (χ1) is 9.86. The summed E-state index contributed by atoms with van der Waals surface area (Å²) in [7, 11) is 0. The summed E-state index contributed by atoms with van der Waals surface area (Å²) in [4.78, 5) is 4.58. The molecular weight excluding hydrogens is 270 g/mol. The van der Waals surface area contributed by atoms with Gasteiger partial charge >= 0.3 is 0 Å². The molecular formula is C15H19N3OS. The van der Waals surface area contributed by atoms with Crippen molar-refractivity contribution in [1.29, 1.82) is 0 Å². The van der Waals surface area contributed by atoms with Gasteiger partial charge in [0.1, 0.15) is 0 Å². The monoisotopic (exact) mass is 289 g/mol. The maximum atomic E-state index is 5.60. The van der Waals surface area contributed by atoms with Crippen LogP contribution >= 0.6 is 11.8 Å². The Morgan fingerprint density at radius 1 is 1.35 bits per heavy atom. The Labute approximate surface area is 123 Å². The van der Waals surface area contributed by atoms with Gasteiger partial charge in [-0.05, 0) is 49.3 Å². The minimum atomic E-state index is 0.397. The molecule has 0 bridgehead atoms. The van der Waals surface area contributed by atoms with Crippen molar-refractivity contribution in [2.45, 2.75) is 30.9 Å². The summed E-state index contributed by atoms with van der Waals surface area (Å²) in [6.45, 7) is 0.650. The van der Waals surface area contributed by atoms with Crippen LogP contribution in [0.1, 0.15) is 35.9 Å². The van der Waals surface area contributed by atoms with E-state index in [9.17, 15) is 0 Å². The summed E-state index contributed by atoms with van der Waals surface area (Å²) in [6, 6.07) is 8.17. The summed E-state index contributed by atoms with van der Waals surface area (Å²) in [5.41, 5.74) is 7.78. The molecule has 1 aliphatic heterocycles. The number of rotatable bonds is 4. The van der Waals surface area contributed by atoms with Crippen molar-refractivity contribution in [3.8, 4) is 11.5 Å². The molecule has 20 heavy (non-hydrogen) atoms. The molecule has 1 aromatic heterocycles. The minimum Gasteiger partial charge on any atom is -0.334 e. The second-order valence-corrected chi connectivity index (χ2v) is 6.36. The van der Waals surface area contributed by atoms with Gasteiger partial charge in [-0.25, -0.2) is 0 Å². The Balaban J connectivity index is 1.80. The van der Waals surface area contributed by atoms with Crippen LogP contribution in [0, 0.1) is 0 Å². The Bertz CT molecular complexity index is 564. The fourth-order valence-corrected chi connectivity index (χ4v) is 3.69. The molecule has 0 radical (unpaired) electrons. The van der Waals surface area contributed by atoms with E-state index in [4.69, 9.17) is 10.3 Å². The third-order valence-electron chi connectivity index (χ3n) is 3.52. The molecule has 4 nitrogen and oxygen atoms in total. The molecule has 3 rings (SSSR count). The van der Waals surface area contributed by atoms with Crippen LogP contribution < -0.4 is 5.73 Å². The SMILES string of the molecule is NCCc1cccc(-c2nc(C3CCCCS3)no2)c1. The normalized spacial score (nSPS) is 19.1. The highest BCUT2D eigenvalue weighted by Gasteiger charge is 2.21. The average molecular weight is 289 g/mol. The maximum absolute atomic E-state index is 5.60. The molecule has 1 saturated heterocycles. The van der Waals surface area contributed by atoms with Gasteiger partial charge in [-0.1, -0.05) is 23.7 Å². The molecule has 1 aromatic carbocycles. The predicted molar refractivity (Wildman–Crippen MR) is 81.5 cm³/mol. The molecule has 1 aliphatic rings. The van der Waals surface area contributed by atoms with Gasteiger partial charge in [0.05, 0.1) is 5.25 Å². The van der Waals surface area contributed by atoms with Crippen molar-refractivity contribution in [3.05, 3.63) is 35.7 Å². The van der Waals surface area contributed by atoms with E-state index >= 15 is 0 Å². The molecule has 0 aliphatic carbocycles. The van der Waals surface area contributed by atoms with E-state index in [1.807, 2.05) is 23.9 Å². The third kappa shape index (κ3) is 3.04. The lowest BCUT2D eigenvalue weighted by Gasteiger charge is -2.17. The lowest BCUT2D eigenvalue weighted by atomic mass is 10.1. The van der Waals surface area contributed by atoms with Crippen LogP contribution in [0.5, 0.6) is 0 Å². The van der Waals surface area contributed by atoms with Crippen LogP contribution in [-0.4, -0.2) is 22.4 Å². The summed E-state index contributed by atoms with van der Waals surface area (Å²) in [6.07, 6.45) is 4.57. The lowest BCUT2D eigenvalue weighted by molar-refractivity contribution is 0.420. The lowest BCUT2D eigenvalue weighted by Crippen LogP contribution is -2.03. The van der Waals surface area contributed by atoms with E-state index in [0.717, 1.165) is 24.2 Å². The van der Waals surface area contributed by atoms with Gasteiger partial charge in [-0.15, -0.1) is 0 Å². The van der Waals surface area contributed by atoms with Crippen LogP contribution in [-0.2, 0) is 6.42 Å². The van der Waals surface area contributed by atoms with E-state index < -0.39 is 0 Å². The number of thioether (sulfide) groups is 1. The zero-order valence-corrected chi connectivity index (χ0v) is 12.2. The molecule has 0 saturated carbocycles. The molecule has 0 spiro atoms. The topological polar surface area (TPSA) is 64.9 Å². The van der Waals surface area contributed by atoms with Gasteiger partial charge in [-0.2, -0.15) is 16.7 Å². The first kappa shape index (κ1) is 13.6. The molecule has 5 heteroatoms. The van der Waals surface area contributed by atoms with Crippen molar-refractivity contribution in [3.63, 3.8) is 0 Å². The third-order valence-corrected chi connectivity index (χ3v) is 4.89. The van der Waals surface area contributed by atoms with Crippen molar-refractivity contribution in [2.75, 3.05) is 12.3 Å². The molecule has 2 N–H and O–H groups in total. The van der Waals surface area contributed by atoms with Crippen molar-refractivity contribution >= 4 is 11.8 Å². The number of benzene rings is 1. The van der Waals surface area contributed by atoms with Crippen LogP contribution in [0.3, 0.4) is 0 Å². The Morgan fingerprint density at radius 2 is 2.30 bits per heavy atom. The van der Waals surface area contributed by atoms with Gasteiger partial charge in [0.2, 0.25) is 0 Å². The number of aromatic nitrogens is 2. The van der Waals surface area contributed by atoms with E-state index in [1.54, 1.807) is 0 Å². The zero-order valence-electron chi connectivity index (χ0n) is 11.4. The Kier molecular flexibility index (Phi) is 4.38. The molecule has 0 amide bonds. The fourth-order valence-electron chi connectivity index (χ4n) is 2.45. The highest BCUT2D eigenvalue weighted by Crippen LogP contribution is 2.37. The van der Waals surface area contributed by atoms with Gasteiger partial charge in [0.25, 0.3) is 5.89 Å². The highest BCUT2D eigenvalue weighted by molar-refractivity contribution is 7.99. The van der Waals surface area contributed by atoms with Crippen LogP contribution in [0.25, 0.3) is 11.5 Å². The van der Waals surface area contributed by atoms with Gasteiger partial charge < -0.3 is 10.3 Å². The van der Waals surface area contributed by atoms with Crippen molar-refractivity contribution in [2.24, 2.45) is 5.73 Å². The van der Waals surface area contributed by atoms with Crippen molar-refractivity contribution in [1.82, 2.24) is 10.1 Å².